The smallest absolute Gasteiger partial charge is 0.310 e. The van der Waals surface area contributed by atoms with Crippen molar-refractivity contribution in [2.45, 2.75) is 19.5 Å². The van der Waals surface area contributed by atoms with Gasteiger partial charge in [-0.3, -0.25) is 14.6 Å². The van der Waals surface area contributed by atoms with Crippen molar-refractivity contribution in [1.82, 2.24) is 9.97 Å². The van der Waals surface area contributed by atoms with Crippen LogP contribution in [0, 0.1) is 0 Å². The van der Waals surface area contributed by atoms with Gasteiger partial charge < -0.3 is 4.98 Å². The number of aromatic nitrogens is 2. The highest BCUT2D eigenvalue weighted by molar-refractivity contribution is 5.94. The Morgan fingerprint density at radius 1 is 1.09 bits per heavy atom. The molecule has 0 radical (unpaired) electrons. The van der Waals surface area contributed by atoms with Gasteiger partial charge in [0.2, 0.25) is 0 Å². The number of aromatic amines is 2. The number of alkyl halides is 3. The van der Waals surface area contributed by atoms with Gasteiger partial charge in [0.05, 0.1) is 5.56 Å². The van der Waals surface area contributed by atoms with E-state index < -0.39 is 28.8 Å². The maximum Gasteiger partial charge on any atom is 0.416 e. The normalized spacial score (nSPS) is 11.5. The lowest BCUT2D eigenvalue weighted by atomic mass is 10.0. The van der Waals surface area contributed by atoms with E-state index in [-0.39, 0.29) is 17.7 Å². The van der Waals surface area contributed by atoms with Crippen LogP contribution in [0.4, 0.5) is 13.2 Å². The SMILES string of the molecule is CC(=O)c1c(Cc2ccc(C(F)(F)F)cc2)[nH]c(=O)[nH]c1=O. The van der Waals surface area contributed by atoms with Crippen molar-refractivity contribution in [2.24, 2.45) is 0 Å². The Hall–Kier alpha value is -2.64. The Morgan fingerprint density at radius 3 is 2.18 bits per heavy atom. The number of ketones is 1. The van der Waals surface area contributed by atoms with Gasteiger partial charge in [-0.2, -0.15) is 13.2 Å². The molecule has 0 fully saturated rings. The van der Waals surface area contributed by atoms with Crippen molar-refractivity contribution in [1.29, 1.82) is 0 Å². The van der Waals surface area contributed by atoms with Crippen molar-refractivity contribution in [3.05, 3.63) is 67.5 Å². The predicted molar refractivity (Wildman–Crippen MR) is 71.9 cm³/mol. The fourth-order valence-electron chi connectivity index (χ4n) is 2.05. The number of benzene rings is 1. The number of nitrogens with one attached hydrogen (secondary N) is 2. The van der Waals surface area contributed by atoms with Gasteiger partial charge in [0.15, 0.2) is 5.78 Å². The number of Topliss-reactive ketones (excluding diaryl/α,β-unsaturated/α-hetero) is 1. The molecule has 0 unspecified atom stereocenters. The maximum absolute atomic E-state index is 12.5. The highest BCUT2D eigenvalue weighted by Gasteiger charge is 2.30. The van der Waals surface area contributed by atoms with Gasteiger partial charge in [0.25, 0.3) is 5.56 Å². The lowest BCUT2D eigenvalue weighted by molar-refractivity contribution is -0.137. The zero-order valence-electron chi connectivity index (χ0n) is 11.4. The third kappa shape index (κ3) is 3.33. The number of carbonyl (C=O) groups excluding carboxylic acids is 1. The van der Waals surface area contributed by atoms with Gasteiger partial charge in [-0.15, -0.1) is 0 Å². The summed E-state index contributed by atoms with van der Waals surface area (Å²) in [4.78, 5) is 38.7. The second-order valence-corrected chi connectivity index (χ2v) is 4.69. The van der Waals surface area contributed by atoms with E-state index >= 15 is 0 Å². The molecular formula is C14H11F3N2O3. The van der Waals surface area contributed by atoms with Crippen LogP contribution >= 0.6 is 0 Å². The summed E-state index contributed by atoms with van der Waals surface area (Å²) >= 11 is 0. The summed E-state index contributed by atoms with van der Waals surface area (Å²) < 4.78 is 37.5. The summed E-state index contributed by atoms with van der Waals surface area (Å²) in [6, 6.07) is 4.25. The molecule has 2 rings (SSSR count). The Labute approximate surface area is 121 Å². The Morgan fingerprint density at radius 2 is 1.68 bits per heavy atom. The maximum atomic E-state index is 12.5. The standard InChI is InChI=1S/C14H11F3N2O3/c1-7(20)11-10(18-13(22)19-12(11)21)6-8-2-4-9(5-3-8)14(15,16)17/h2-5H,6H2,1H3,(H2,18,19,21,22). The number of hydrogen-bond donors (Lipinski definition) is 2. The van der Waals surface area contributed by atoms with Crippen LogP contribution in [0.3, 0.4) is 0 Å². The minimum absolute atomic E-state index is 0.0355. The topological polar surface area (TPSA) is 82.8 Å². The molecule has 0 atom stereocenters. The fourth-order valence-corrected chi connectivity index (χ4v) is 2.05. The molecule has 1 heterocycles. The van der Waals surface area contributed by atoms with Gasteiger partial charge in [-0.1, -0.05) is 12.1 Å². The molecule has 0 aliphatic heterocycles. The van der Waals surface area contributed by atoms with E-state index in [1.54, 1.807) is 0 Å². The molecule has 116 valence electrons. The second kappa shape index (κ2) is 5.63. The van der Waals surface area contributed by atoms with E-state index in [9.17, 15) is 27.6 Å². The Kier molecular flexibility index (Phi) is 4.03. The van der Waals surface area contributed by atoms with Crippen LogP contribution in [0.15, 0.2) is 33.9 Å². The monoisotopic (exact) mass is 312 g/mol. The van der Waals surface area contributed by atoms with Gasteiger partial charge in [0, 0.05) is 12.1 Å². The molecule has 0 amide bonds. The van der Waals surface area contributed by atoms with Crippen LogP contribution in [0.2, 0.25) is 0 Å². The van der Waals surface area contributed by atoms with Crippen molar-refractivity contribution in [2.75, 3.05) is 0 Å². The molecule has 22 heavy (non-hydrogen) atoms. The number of H-pyrrole nitrogens is 2. The third-order valence-corrected chi connectivity index (χ3v) is 3.03. The summed E-state index contributed by atoms with van der Waals surface area (Å²) in [6.45, 7) is 1.17. The number of rotatable bonds is 3. The lowest BCUT2D eigenvalue weighted by Gasteiger charge is -2.09. The first-order chi connectivity index (χ1) is 10.2. The minimum atomic E-state index is -4.44. The van der Waals surface area contributed by atoms with E-state index in [0.29, 0.717) is 5.56 Å². The minimum Gasteiger partial charge on any atom is -0.310 e. The molecule has 0 saturated heterocycles. The first kappa shape index (κ1) is 15.7. The van der Waals surface area contributed by atoms with E-state index in [2.05, 4.69) is 4.98 Å². The van der Waals surface area contributed by atoms with Crippen molar-refractivity contribution >= 4 is 5.78 Å². The molecule has 1 aromatic carbocycles. The zero-order valence-corrected chi connectivity index (χ0v) is 11.4. The van der Waals surface area contributed by atoms with Crippen molar-refractivity contribution < 1.29 is 18.0 Å². The van der Waals surface area contributed by atoms with Gasteiger partial charge in [-0.25, -0.2) is 4.79 Å². The first-order valence-electron chi connectivity index (χ1n) is 6.21. The molecule has 1 aromatic heterocycles. The molecule has 2 aromatic rings. The summed E-state index contributed by atoms with van der Waals surface area (Å²) in [5.74, 6) is -0.542. The molecule has 8 heteroatoms. The first-order valence-corrected chi connectivity index (χ1v) is 6.21. The molecule has 0 bridgehead atoms. The highest BCUT2D eigenvalue weighted by atomic mass is 19.4. The van der Waals surface area contributed by atoms with Crippen LogP contribution < -0.4 is 11.2 Å². The third-order valence-electron chi connectivity index (χ3n) is 3.03. The molecule has 0 saturated carbocycles. The Balaban J connectivity index is 2.41. The second-order valence-electron chi connectivity index (χ2n) is 4.69. The molecule has 0 aliphatic carbocycles. The van der Waals surface area contributed by atoms with Crippen LogP contribution in [0.25, 0.3) is 0 Å². The molecule has 0 spiro atoms. The highest BCUT2D eigenvalue weighted by Crippen LogP contribution is 2.29. The van der Waals surface area contributed by atoms with Crippen LogP contribution in [0.1, 0.15) is 34.1 Å². The van der Waals surface area contributed by atoms with Crippen molar-refractivity contribution in [3.8, 4) is 0 Å². The van der Waals surface area contributed by atoms with E-state index in [0.717, 1.165) is 12.1 Å². The van der Waals surface area contributed by atoms with Gasteiger partial charge in [0.1, 0.15) is 5.56 Å². The summed E-state index contributed by atoms with van der Waals surface area (Å²) in [5, 5.41) is 0. The van der Waals surface area contributed by atoms with Crippen LogP contribution in [-0.2, 0) is 12.6 Å². The molecule has 0 aliphatic rings. The average Bonchev–Trinajstić information content (AvgIpc) is 2.36. The predicted octanol–water partition coefficient (Wildman–Crippen LogP) is 1.88. The molecular weight excluding hydrogens is 301 g/mol. The molecule has 5 nitrogen and oxygen atoms in total. The number of hydrogen-bond acceptors (Lipinski definition) is 3. The van der Waals surface area contributed by atoms with Gasteiger partial charge in [-0.05, 0) is 24.6 Å². The largest absolute Gasteiger partial charge is 0.416 e. The van der Waals surface area contributed by atoms with Crippen molar-refractivity contribution in [3.63, 3.8) is 0 Å². The summed E-state index contributed by atoms with van der Waals surface area (Å²) in [7, 11) is 0. The number of halogens is 3. The van der Waals surface area contributed by atoms with Crippen LogP contribution in [0.5, 0.6) is 0 Å². The zero-order chi connectivity index (χ0) is 16.5. The van der Waals surface area contributed by atoms with E-state index in [1.807, 2.05) is 4.98 Å². The summed E-state index contributed by atoms with van der Waals surface area (Å²) in [5.41, 5.74) is -2.12. The Bertz CT molecular complexity index is 817. The summed E-state index contributed by atoms with van der Waals surface area (Å²) in [6.07, 6.45) is -4.48. The fraction of sp³-hybridized carbons (Fsp3) is 0.214. The molecule has 2 N–H and O–H groups in total. The van der Waals surface area contributed by atoms with E-state index in [1.165, 1.54) is 19.1 Å². The van der Waals surface area contributed by atoms with Gasteiger partial charge >= 0.3 is 11.9 Å². The van der Waals surface area contributed by atoms with E-state index in [4.69, 9.17) is 0 Å². The average molecular weight is 312 g/mol. The number of carbonyl (C=O) groups is 1. The quantitative estimate of drug-likeness (QED) is 0.849. The van der Waals surface area contributed by atoms with Crippen LogP contribution in [-0.4, -0.2) is 15.8 Å². The lowest BCUT2D eigenvalue weighted by Crippen LogP contribution is -2.30.